The van der Waals surface area contributed by atoms with E-state index in [1.165, 1.54) is 0 Å². The molecule has 0 amide bonds. The van der Waals surface area contributed by atoms with Crippen LogP contribution in [0.25, 0.3) is 9.81 Å². The van der Waals surface area contributed by atoms with Crippen molar-refractivity contribution in [3.8, 4) is 0 Å². The maximum atomic E-state index is 5.40. The van der Waals surface area contributed by atoms with Crippen molar-refractivity contribution in [1.29, 1.82) is 0 Å². The average Bonchev–Trinajstić information content (AvgIpc) is 3.57. The predicted octanol–water partition coefficient (Wildman–Crippen LogP) is 6.72. The van der Waals surface area contributed by atoms with Crippen molar-refractivity contribution in [2.75, 3.05) is 0 Å². The van der Waals surface area contributed by atoms with Gasteiger partial charge < -0.3 is 50.5 Å². The van der Waals surface area contributed by atoms with Crippen LogP contribution in [-0.2, 0) is 84.1 Å². The van der Waals surface area contributed by atoms with Gasteiger partial charge in [-0.15, -0.1) is 0 Å². The number of hydrogen-bond donors (Lipinski definition) is 0. The van der Waals surface area contributed by atoms with E-state index < -0.39 is 0 Å². The van der Waals surface area contributed by atoms with Gasteiger partial charge in [-0.1, -0.05) is 60.7 Å². The first-order valence-electron chi connectivity index (χ1n) is 9.22. The standard InChI is InChI=1S/C16H14S4.2C5H5.2Co/c17-13(11-7-3-1-4-8-11)15(19)16(20)14(18)12-9-5-2-6-10-12;2*1-2-4-5-3-1;;/h1-10,17-20H;2*1-5H;;/q;2*-1;;/p-4. The number of benzene rings is 2. The van der Waals surface area contributed by atoms with Crippen LogP contribution in [0.1, 0.15) is 11.1 Å². The Morgan fingerprint density at radius 3 is 0.938 bits per heavy atom. The fourth-order valence-corrected chi connectivity index (χ4v) is 3.33. The van der Waals surface area contributed by atoms with Gasteiger partial charge in [0, 0.05) is 33.6 Å². The molecule has 0 aromatic heterocycles. The maximum Gasteiger partial charge on any atom is 0 e. The van der Waals surface area contributed by atoms with E-state index in [2.05, 4.69) is 0 Å². The smallest absolute Gasteiger partial charge is 0 e. The maximum absolute atomic E-state index is 5.40. The van der Waals surface area contributed by atoms with Crippen molar-refractivity contribution in [3.05, 3.63) is 142 Å². The Balaban J connectivity index is 0.000000657. The second-order valence-electron chi connectivity index (χ2n) is 5.97. The first-order chi connectivity index (χ1) is 14.6. The summed E-state index contributed by atoms with van der Waals surface area (Å²) in [5.74, 6) is 0. The van der Waals surface area contributed by atoms with Crippen molar-refractivity contribution in [2.24, 2.45) is 0 Å². The summed E-state index contributed by atoms with van der Waals surface area (Å²) < 4.78 is 0. The van der Waals surface area contributed by atoms with E-state index in [9.17, 15) is 0 Å². The van der Waals surface area contributed by atoms with Gasteiger partial charge in [0.1, 0.15) is 0 Å². The van der Waals surface area contributed by atoms with Gasteiger partial charge >= 0.3 is 0 Å². The van der Waals surface area contributed by atoms with Gasteiger partial charge in [0.05, 0.1) is 0 Å². The second kappa shape index (κ2) is 18.0. The Bertz CT molecular complexity index is 888. The van der Waals surface area contributed by atoms with Crippen LogP contribution in [0, 0.1) is 0 Å². The Hall–Kier alpha value is -1.49. The summed E-state index contributed by atoms with van der Waals surface area (Å²) >= 11 is 21.6. The first kappa shape index (κ1) is 30.5. The summed E-state index contributed by atoms with van der Waals surface area (Å²) in [6.45, 7) is 0. The van der Waals surface area contributed by atoms with Gasteiger partial charge in [0.15, 0.2) is 0 Å². The Labute approximate surface area is 234 Å². The molecule has 0 nitrogen and oxygen atoms in total. The molecule has 2 radical (unpaired) electrons. The van der Waals surface area contributed by atoms with Gasteiger partial charge in [-0.25, -0.2) is 34.1 Å². The van der Waals surface area contributed by atoms with E-state index in [0.29, 0.717) is 19.6 Å². The van der Waals surface area contributed by atoms with Gasteiger partial charge in [0.25, 0.3) is 0 Å². The zero-order valence-electron chi connectivity index (χ0n) is 16.8. The molecule has 0 atom stereocenters. The van der Waals surface area contributed by atoms with Crippen LogP contribution < -0.4 is 0 Å². The molecule has 0 unspecified atom stereocenters. The Morgan fingerprint density at radius 1 is 0.438 bits per heavy atom. The molecule has 0 aliphatic carbocycles. The normalized spacial score (nSPS) is 10.9. The monoisotopic (exact) mass is 578 g/mol. The molecule has 4 aromatic carbocycles. The number of rotatable bonds is 3. The van der Waals surface area contributed by atoms with E-state index in [-0.39, 0.29) is 33.6 Å². The molecule has 0 fully saturated rings. The third-order valence-electron chi connectivity index (χ3n) is 3.80. The Kier molecular flexibility index (Phi) is 17.2. The van der Waals surface area contributed by atoms with Crippen LogP contribution in [-0.4, -0.2) is 0 Å². The number of hydrogen-bond acceptors (Lipinski definition) is 4. The minimum atomic E-state index is 0. The van der Waals surface area contributed by atoms with Crippen molar-refractivity contribution < 1.29 is 33.6 Å². The minimum absolute atomic E-state index is 0. The third-order valence-corrected chi connectivity index (χ3v) is 5.89. The van der Waals surface area contributed by atoms with Crippen molar-refractivity contribution in [1.82, 2.24) is 0 Å². The van der Waals surface area contributed by atoms with Crippen LogP contribution in [0.4, 0.5) is 0 Å². The quantitative estimate of drug-likeness (QED) is 0.150. The summed E-state index contributed by atoms with van der Waals surface area (Å²) in [5, 5.41) is 0. The van der Waals surface area contributed by atoms with Gasteiger partial charge in [0.2, 0.25) is 0 Å². The predicted molar refractivity (Wildman–Crippen MR) is 140 cm³/mol. The van der Waals surface area contributed by atoms with Gasteiger partial charge in [-0.2, -0.15) is 46.2 Å². The molecule has 6 heteroatoms. The molecule has 0 N–H and O–H groups in total. The van der Waals surface area contributed by atoms with Crippen LogP contribution in [0.3, 0.4) is 0 Å². The van der Waals surface area contributed by atoms with Crippen molar-refractivity contribution in [3.63, 3.8) is 0 Å². The zero-order valence-corrected chi connectivity index (χ0v) is 22.2. The molecule has 0 saturated heterocycles. The molecule has 0 saturated carbocycles. The van der Waals surface area contributed by atoms with Crippen LogP contribution in [0.5, 0.6) is 0 Å². The van der Waals surface area contributed by atoms with E-state index >= 15 is 0 Å². The van der Waals surface area contributed by atoms with Crippen LogP contribution in [0.2, 0.25) is 0 Å². The van der Waals surface area contributed by atoms with Gasteiger partial charge in [-0.3, -0.25) is 0 Å². The minimum Gasteiger partial charge on any atom is -0.783 e. The summed E-state index contributed by atoms with van der Waals surface area (Å²) in [4.78, 5) is 2.08. The van der Waals surface area contributed by atoms with Crippen LogP contribution in [0.15, 0.2) is 131 Å². The average molecular weight is 579 g/mol. The summed E-state index contributed by atoms with van der Waals surface area (Å²) in [6.07, 6.45) is 0. The second-order valence-corrected chi connectivity index (χ2v) is 7.61. The zero-order chi connectivity index (χ0) is 21.6. The van der Waals surface area contributed by atoms with Crippen molar-refractivity contribution >= 4 is 60.3 Å². The summed E-state index contributed by atoms with van der Waals surface area (Å²) in [6, 6.07) is 39.2. The van der Waals surface area contributed by atoms with Crippen LogP contribution >= 0.6 is 0 Å². The topological polar surface area (TPSA) is 0 Å². The first-order valence-corrected chi connectivity index (χ1v) is 10.9. The van der Waals surface area contributed by atoms with E-state index in [0.717, 1.165) is 11.1 Å². The molecule has 0 bridgehead atoms. The van der Waals surface area contributed by atoms with E-state index in [1.54, 1.807) is 0 Å². The van der Waals surface area contributed by atoms with E-state index in [1.807, 2.05) is 121 Å². The Morgan fingerprint density at radius 2 is 0.719 bits per heavy atom. The van der Waals surface area contributed by atoms with Crippen molar-refractivity contribution in [2.45, 2.75) is 0 Å². The fourth-order valence-electron chi connectivity index (χ4n) is 2.29. The molecule has 4 rings (SSSR count). The molecule has 4 aromatic rings. The molecular weight excluding hydrogens is 558 g/mol. The third kappa shape index (κ3) is 10.9. The molecule has 0 spiro atoms. The molecule has 0 aliphatic heterocycles. The summed E-state index contributed by atoms with van der Waals surface area (Å²) in [7, 11) is 0. The van der Waals surface area contributed by atoms with Gasteiger partial charge in [-0.05, 0) is 11.1 Å². The molecule has 0 heterocycles. The summed E-state index contributed by atoms with van der Waals surface area (Å²) in [5.41, 5.74) is 1.79. The largest absolute Gasteiger partial charge is 0.783 e. The molecule has 0 aliphatic rings. The molecular formula is C26H20Co2S4-6. The SMILES string of the molecule is [Co].[Co].[S-]C(C([S-])=C([S-])c1ccccc1)=C([S-])c1ccccc1.c1cc[cH-]c1.c1cc[cH-]c1. The van der Waals surface area contributed by atoms with E-state index in [4.69, 9.17) is 50.5 Å². The molecule has 172 valence electrons. The fraction of sp³-hybridized carbons (Fsp3) is 0. The molecule has 32 heavy (non-hydrogen) atoms.